The van der Waals surface area contributed by atoms with Crippen LogP contribution in [0, 0.1) is 23.7 Å². The number of rotatable bonds is 12. The number of hydrogen-bond acceptors (Lipinski definition) is 13. The predicted octanol–water partition coefficient (Wildman–Crippen LogP) is 5.80. The first-order valence-corrected chi connectivity index (χ1v) is 38.0. The van der Waals surface area contributed by atoms with Gasteiger partial charge in [0.25, 0.3) is 0 Å². The minimum atomic E-state index is -4.76. The maximum atomic E-state index is 15.7. The highest BCUT2D eigenvalue weighted by molar-refractivity contribution is 6.31. The van der Waals surface area contributed by atoms with Crippen molar-refractivity contribution in [3.8, 4) is 0 Å². The molecule has 103 heavy (non-hydrogen) atoms. The number of morpholine rings is 1. The van der Waals surface area contributed by atoms with Gasteiger partial charge in [-0.3, -0.25) is 57.5 Å². The molecule has 3 saturated carbocycles. The number of carbonyl (C=O) groups excluding carboxylic acids is 12. The molecule has 7 aliphatic rings. The number of halogens is 4. The summed E-state index contributed by atoms with van der Waals surface area (Å²) < 4.78 is 47.4. The number of ether oxygens (including phenoxy) is 1. The zero-order valence-electron chi connectivity index (χ0n) is 62.3. The Morgan fingerprint density at radius 1 is 0.660 bits per heavy atom. The van der Waals surface area contributed by atoms with E-state index in [1.165, 1.54) is 92.3 Å². The van der Waals surface area contributed by atoms with Crippen molar-refractivity contribution in [3.63, 3.8) is 0 Å². The molecule has 1 aromatic rings. The van der Waals surface area contributed by atoms with Crippen LogP contribution in [0.25, 0.3) is 0 Å². The van der Waals surface area contributed by atoms with Gasteiger partial charge in [-0.2, -0.15) is 13.2 Å². The van der Waals surface area contributed by atoms with Crippen LogP contribution in [-0.4, -0.2) is 263 Å². The molecule has 1 aromatic carbocycles. The molecule has 8 rings (SSSR count). The maximum absolute atomic E-state index is 15.7. The highest BCUT2D eigenvalue weighted by Gasteiger charge is 2.52. The number of hydrogen-bond donors (Lipinski definition) is 3. The molecule has 574 valence electrons. The molecule has 25 nitrogen and oxygen atoms in total. The van der Waals surface area contributed by atoms with E-state index in [0.717, 1.165) is 57.1 Å². The lowest BCUT2D eigenvalue weighted by Crippen LogP contribution is -2.65. The van der Waals surface area contributed by atoms with Crippen LogP contribution >= 0.6 is 11.6 Å². The minimum Gasteiger partial charge on any atom is -0.378 e. The molecule has 0 bridgehead atoms. The van der Waals surface area contributed by atoms with Crippen LogP contribution in [0.5, 0.6) is 0 Å². The topological polar surface area (TPSA) is 279 Å². The van der Waals surface area contributed by atoms with Crippen LogP contribution in [0.15, 0.2) is 18.2 Å². The third kappa shape index (κ3) is 19.1. The smallest absolute Gasteiger partial charge is 0.378 e. The molecule has 29 heteroatoms. The SMILES string of the molecule is CC[C@H](C)[C@@H]1NC(=O)[C@H](CC(C)C)N(C)C(=O)C[C@@H](C(=O)N2CCOCC2)N(C)C(=O)[C@H](C2CCCC2)N(C)C(=O)C2(CCCC2)NC(=O)[C@@H]2CCCN2C(=O)[C@H](CCc2ccc(C(F)(F)F)c(Cl)c2)NC(=O)CN(CC)C(=O)[C@H](CC2CCCCC2)N(C)C(=O)[C@@H]2CCN2C(=O)[C@H](C)N(C)C1=O. The number of benzene rings is 1. The number of likely N-dealkylation sites (N-methyl/N-ethyl adjacent to an activating group) is 6. The lowest BCUT2D eigenvalue weighted by atomic mass is 9.84. The lowest BCUT2D eigenvalue weighted by Gasteiger charge is -2.45. The summed E-state index contributed by atoms with van der Waals surface area (Å²) in [5.41, 5.74) is -2.34. The van der Waals surface area contributed by atoms with E-state index in [4.69, 9.17) is 16.3 Å². The van der Waals surface area contributed by atoms with Gasteiger partial charge in [-0.15, -0.1) is 0 Å². The first-order chi connectivity index (χ1) is 48.7. The summed E-state index contributed by atoms with van der Waals surface area (Å²) in [7, 11) is 7.31. The van der Waals surface area contributed by atoms with Crippen LogP contribution in [-0.2, 0) is 74.9 Å². The number of fused-ring (bicyclic) bond motifs is 2. The standard InChI is InChI=1S/C74H112ClF3N12O13/c1-12-46(5)61-70(100)82(7)47(6)65(95)90-35-31-55(90)67(97)84(9)57(42-48-22-15-14-16-23-48)68(98)87(13-2)44-59(91)79-53(30-28-49-27-29-51(52(75)41-49)74(76,77)78)66(96)89-34-21-26-54(89)64(94)81-73(32-19-20-33-73)72(102)86(11)62(50-24-17-18-25-50)71(101)85(10)58(69(99)88-36-38-103-39-37-88)43-60(92)83(8)56(40-45(3)4)63(93)80-61/h27,29,41,45-48,50,53-58,61-62H,12-26,28,30-40,42-44H2,1-11H3,(H,79,91)(H,80,93)(H,81,94)/t46-,47-,53-,54-,55-,56-,57-,58-,61-,62-/m0/s1. The van der Waals surface area contributed by atoms with Crippen molar-refractivity contribution in [3.05, 3.63) is 34.3 Å². The van der Waals surface area contributed by atoms with Gasteiger partial charge in [-0.05, 0) is 126 Å². The molecule has 4 aliphatic heterocycles. The molecule has 1 spiro atoms. The monoisotopic (exact) mass is 1470 g/mol. The second-order valence-electron chi connectivity index (χ2n) is 30.5. The van der Waals surface area contributed by atoms with Crippen LogP contribution in [0.3, 0.4) is 0 Å². The molecule has 0 aromatic heterocycles. The first-order valence-electron chi connectivity index (χ1n) is 37.6. The second kappa shape index (κ2) is 35.8. The second-order valence-corrected chi connectivity index (χ2v) is 30.9. The van der Waals surface area contributed by atoms with Gasteiger partial charge >= 0.3 is 6.18 Å². The van der Waals surface area contributed by atoms with Gasteiger partial charge in [-0.25, -0.2) is 0 Å². The van der Waals surface area contributed by atoms with Crippen LogP contribution in [0.1, 0.15) is 188 Å². The van der Waals surface area contributed by atoms with Gasteiger partial charge < -0.3 is 64.8 Å². The van der Waals surface area contributed by atoms with Crippen LogP contribution in [0.2, 0.25) is 5.02 Å². The number of nitrogens with one attached hydrogen (secondary N) is 3. The van der Waals surface area contributed by atoms with E-state index in [1.54, 1.807) is 13.8 Å². The van der Waals surface area contributed by atoms with Crippen molar-refractivity contribution < 1.29 is 75.4 Å². The van der Waals surface area contributed by atoms with Crippen molar-refractivity contribution in [1.29, 1.82) is 0 Å². The molecule has 4 heterocycles. The van der Waals surface area contributed by atoms with Gasteiger partial charge in [-0.1, -0.05) is 110 Å². The fourth-order valence-corrected chi connectivity index (χ4v) is 16.7. The third-order valence-electron chi connectivity index (χ3n) is 23.3. The van der Waals surface area contributed by atoms with Gasteiger partial charge in [0.1, 0.15) is 59.9 Å². The fraction of sp³-hybridized carbons (Fsp3) is 0.757. The highest BCUT2D eigenvalue weighted by atomic mass is 35.5. The molecule has 0 unspecified atom stereocenters. The average Bonchev–Trinajstić information content (AvgIpc) is 1.36. The number of alkyl halides is 3. The number of nitrogens with zero attached hydrogens (tertiary/aromatic N) is 9. The quantitative estimate of drug-likeness (QED) is 0.223. The largest absolute Gasteiger partial charge is 0.417 e. The predicted molar refractivity (Wildman–Crippen MR) is 378 cm³/mol. The van der Waals surface area contributed by atoms with E-state index >= 15 is 38.4 Å². The number of amides is 12. The average molecular weight is 1470 g/mol. The fourth-order valence-electron chi connectivity index (χ4n) is 16.4. The van der Waals surface area contributed by atoms with E-state index in [2.05, 4.69) is 16.0 Å². The number of carbonyl (C=O) groups is 12. The van der Waals surface area contributed by atoms with Crippen molar-refractivity contribution >= 4 is 82.5 Å². The van der Waals surface area contributed by atoms with Crippen LogP contribution in [0.4, 0.5) is 13.2 Å². The Balaban J connectivity index is 1.19. The Hall–Kier alpha value is -7.10. The van der Waals surface area contributed by atoms with E-state index < -0.39 is 172 Å². The summed E-state index contributed by atoms with van der Waals surface area (Å²) in [5, 5.41) is 8.27. The maximum Gasteiger partial charge on any atom is 0.417 e. The molecule has 4 saturated heterocycles. The third-order valence-corrected chi connectivity index (χ3v) is 23.6. The highest BCUT2D eigenvalue weighted by Crippen LogP contribution is 2.39. The molecule has 12 amide bonds. The van der Waals surface area contributed by atoms with Gasteiger partial charge in [0.05, 0.1) is 36.8 Å². The van der Waals surface area contributed by atoms with Gasteiger partial charge in [0.2, 0.25) is 70.9 Å². The normalized spacial score (nSPS) is 28.3. The molecule has 0 radical (unpaired) electrons. The van der Waals surface area contributed by atoms with E-state index in [1.807, 2.05) is 20.8 Å². The van der Waals surface area contributed by atoms with Crippen molar-refractivity contribution in [1.82, 2.24) is 60.0 Å². The number of aryl methyl sites for hydroxylation is 1. The lowest BCUT2D eigenvalue weighted by molar-refractivity contribution is -0.160. The van der Waals surface area contributed by atoms with Crippen molar-refractivity contribution in [2.75, 3.05) is 87.7 Å². The van der Waals surface area contributed by atoms with E-state index in [0.29, 0.717) is 44.1 Å². The Bertz CT molecular complexity index is 3250. The molecular weight excluding hydrogens is 1360 g/mol. The first kappa shape index (κ1) is 81.6. The zero-order chi connectivity index (χ0) is 75.5. The Morgan fingerprint density at radius 3 is 1.89 bits per heavy atom. The van der Waals surface area contributed by atoms with Crippen molar-refractivity contribution in [2.45, 2.75) is 249 Å². The van der Waals surface area contributed by atoms with E-state index in [9.17, 15) is 32.3 Å². The Labute approximate surface area is 610 Å². The molecule has 3 aliphatic carbocycles. The van der Waals surface area contributed by atoms with Gasteiger partial charge in [0, 0.05) is 68.0 Å². The van der Waals surface area contributed by atoms with Gasteiger partial charge in [0.15, 0.2) is 0 Å². The summed E-state index contributed by atoms with van der Waals surface area (Å²) >= 11 is 6.19. The molecular formula is C74H112ClF3N12O13. The van der Waals surface area contributed by atoms with E-state index in [-0.39, 0.29) is 109 Å². The zero-order valence-corrected chi connectivity index (χ0v) is 63.1. The molecule has 10 atom stereocenters. The Kier molecular flexibility index (Phi) is 28.3. The van der Waals surface area contributed by atoms with Crippen LogP contribution < -0.4 is 16.0 Å². The summed E-state index contributed by atoms with van der Waals surface area (Å²) in [5.74, 6) is -8.62. The summed E-state index contributed by atoms with van der Waals surface area (Å²) in [4.78, 5) is 194. The summed E-state index contributed by atoms with van der Waals surface area (Å²) in [6.45, 7) is 10.8. The minimum absolute atomic E-state index is 0.0214. The molecule has 3 N–H and O–H groups in total. The molecule has 7 fully saturated rings. The summed E-state index contributed by atoms with van der Waals surface area (Å²) in [6, 6.07) is -7.81. The van der Waals surface area contributed by atoms with Crippen molar-refractivity contribution in [2.24, 2.45) is 23.7 Å². The Morgan fingerprint density at radius 2 is 1.30 bits per heavy atom. The summed E-state index contributed by atoms with van der Waals surface area (Å²) in [6.07, 6.45) is 4.09.